The van der Waals surface area contributed by atoms with Crippen molar-refractivity contribution in [1.29, 1.82) is 0 Å². The van der Waals surface area contributed by atoms with E-state index < -0.39 is 22.5 Å². The summed E-state index contributed by atoms with van der Waals surface area (Å²) in [6.07, 6.45) is -2.76. The van der Waals surface area contributed by atoms with Gasteiger partial charge >= 0.3 is 16.3 Å². The van der Waals surface area contributed by atoms with Crippen molar-refractivity contribution in [1.82, 2.24) is 9.03 Å². The smallest absolute Gasteiger partial charge is 0.419 e. The van der Waals surface area contributed by atoms with Gasteiger partial charge in [0.2, 0.25) is 0 Å². The molecule has 1 atom stereocenters. The van der Waals surface area contributed by atoms with Crippen LogP contribution < -0.4 is 4.72 Å². The number of carbonyl (C=O) groups is 1. The van der Waals surface area contributed by atoms with Gasteiger partial charge < -0.3 is 5.11 Å². The zero-order chi connectivity index (χ0) is 10.1. The average molecular weight is 212 g/mol. The van der Waals surface area contributed by atoms with E-state index in [-0.39, 0.29) is 19.5 Å². The van der Waals surface area contributed by atoms with Gasteiger partial charge in [0, 0.05) is 13.1 Å². The molecular weight excluding hydrogens is 203 g/mol. The Morgan fingerprint density at radius 1 is 1.62 bits per heavy atom. The molecule has 0 saturated carbocycles. The van der Waals surface area contributed by atoms with Gasteiger partial charge in [0.05, 0.1) is 0 Å². The number of halogens is 1. The van der Waals surface area contributed by atoms with Crippen molar-refractivity contribution in [3.8, 4) is 0 Å². The number of nitrogens with one attached hydrogen (secondary N) is 1. The summed E-state index contributed by atoms with van der Waals surface area (Å²) in [7, 11) is -4.05. The molecule has 0 spiro atoms. The molecule has 1 aliphatic rings. The van der Waals surface area contributed by atoms with Gasteiger partial charge in [-0.25, -0.2) is 13.9 Å². The third kappa shape index (κ3) is 2.52. The molecule has 2 N–H and O–H groups in total. The normalized spacial score (nSPS) is 24.5. The predicted molar refractivity (Wildman–Crippen MR) is 41.2 cm³/mol. The van der Waals surface area contributed by atoms with Crippen LogP contribution in [0.25, 0.3) is 0 Å². The maximum absolute atomic E-state index is 12.6. The van der Waals surface area contributed by atoms with E-state index in [9.17, 15) is 17.6 Å². The van der Waals surface area contributed by atoms with Gasteiger partial charge in [-0.3, -0.25) is 0 Å². The second kappa shape index (κ2) is 3.46. The molecule has 0 bridgehead atoms. The average Bonchev–Trinajstić information content (AvgIpc) is 2.32. The molecule has 0 aliphatic carbocycles. The van der Waals surface area contributed by atoms with E-state index in [1.54, 1.807) is 0 Å². The van der Waals surface area contributed by atoms with E-state index in [1.165, 1.54) is 4.72 Å². The maximum Gasteiger partial charge on any atom is 0.419 e. The number of amides is 1. The van der Waals surface area contributed by atoms with Crippen molar-refractivity contribution >= 4 is 16.3 Å². The number of carboxylic acid groups (broad SMARTS) is 1. The molecule has 0 aromatic rings. The Kier molecular flexibility index (Phi) is 2.71. The summed E-state index contributed by atoms with van der Waals surface area (Å²) in [5.41, 5.74) is 0. The summed E-state index contributed by atoms with van der Waals surface area (Å²) in [4.78, 5) is 10.0. The van der Waals surface area contributed by atoms with Gasteiger partial charge in [-0.1, -0.05) is 0 Å². The molecule has 1 fully saturated rings. The van der Waals surface area contributed by atoms with E-state index in [4.69, 9.17) is 5.11 Å². The molecule has 1 unspecified atom stereocenters. The van der Waals surface area contributed by atoms with Crippen LogP contribution in [0.3, 0.4) is 0 Å². The predicted octanol–water partition coefficient (Wildman–Crippen LogP) is -0.457. The lowest BCUT2D eigenvalue weighted by Crippen LogP contribution is -2.41. The Labute approximate surface area is 74.5 Å². The van der Waals surface area contributed by atoms with E-state index in [2.05, 4.69) is 0 Å². The molecule has 1 amide bonds. The van der Waals surface area contributed by atoms with Crippen molar-refractivity contribution in [3.05, 3.63) is 0 Å². The molecule has 1 rings (SSSR count). The van der Waals surface area contributed by atoms with Crippen molar-refractivity contribution in [3.63, 3.8) is 0 Å². The summed E-state index contributed by atoms with van der Waals surface area (Å²) < 4.78 is 36.8. The Hall–Kier alpha value is -0.890. The molecule has 1 saturated heterocycles. The van der Waals surface area contributed by atoms with E-state index in [1.807, 2.05) is 0 Å². The lowest BCUT2D eigenvalue weighted by atomic mass is 10.4. The van der Waals surface area contributed by atoms with E-state index in [0.717, 1.165) is 4.31 Å². The van der Waals surface area contributed by atoms with Crippen LogP contribution >= 0.6 is 0 Å². The van der Waals surface area contributed by atoms with Crippen LogP contribution in [-0.4, -0.2) is 43.2 Å². The fourth-order valence-corrected chi connectivity index (χ4v) is 2.13. The molecule has 0 aromatic carbocycles. The van der Waals surface area contributed by atoms with Gasteiger partial charge in [0.15, 0.2) is 0 Å². The molecule has 8 heteroatoms. The van der Waals surface area contributed by atoms with Crippen molar-refractivity contribution in [2.24, 2.45) is 0 Å². The van der Waals surface area contributed by atoms with Crippen LogP contribution in [0.2, 0.25) is 0 Å². The molecule has 13 heavy (non-hydrogen) atoms. The highest BCUT2D eigenvalue weighted by molar-refractivity contribution is 7.87. The number of hydrogen-bond donors (Lipinski definition) is 2. The van der Waals surface area contributed by atoms with Crippen LogP contribution in [0.1, 0.15) is 6.42 Å². The lowest BCUT2D eigenvalue weighted by molar-refractivity contribution is 0.200. The molecular formula is C5H9FN2O4S. The molecule has 0 radical (unpaired) electrons. The molecule has 6 nitrogen and oxygen atoms in total. The summed E-state index contributed by atoms with van der Waals surface area (Å²) in [5, 5.41) is 8.16. The Morgan fingerprint density at radius 2 is 2.23 bits per heavy atom. The van der Waals surface area contributed by atoms with Crippen LogP contribution in [0.5, 0.6) is 0 Å². The molecule has 1 heterocycles. The molecule has 1 aliphatic heterocycles. The second-order valence-electron chi connectivity index (χ2n) is 2.66. The monoisotopic (exact) mass is 212 g/mol. The maximum atomic E-state index is 12.6. The zero-order valence-corrected chi connectivity index (χ0v) is 7.42. The minimum absolute atomic E-state index is 0.0176. The van der Waals surface area contributed by atoms with Crippen molar-refractivity contribution < 1.29 is 22.7 Å². The third-order valence-electron chi connectivity index (χ3n) is 1.65. The first-order valence-electron chi connectivity index (χ1n) is 3.56. The zero-order valence-electron chi connectivity index (χ0n) is 6.60. The van der Waals surface area contributed by atoms with Crippen molar-refractivity contribution in [2.45, 2.75) is 12.6 Å². The molecule has 0 aromatic heterocycles. The van der Waals surface area contributed by atoms with Crippen LogP contribution in [0.4, 0.5) is 9.18 Å². The second-order valence-corrected chi connectivity index (χ2v) is 4.33. The lowest BCUT2D eigenvalue weighted by Gasteiger charge is -2.13. The van der Waals surface area contributed by atoms with Crippen LogP contribution in [-0.2, 0) is 10.2 Å². The number of hydrogen-bond acceptors (Lipinski definition) is 3. The Bertz CT molecular complexity index is 304. The summed E-state index contributed by atoms with van der Waals surface area (Å²) in [5.74, 6) is 0. The SMILES string of the molecule is O=C(O)NS(=O)(=O)N1CCC(F)C1. The molecule has 76 valence electrons. The minimum Gasteiger partial charge on any atom is -0.464 e. The van der Waals surface area contributed by atoms with Gasteiger partial charge in [0.25, 0.3) is 0 Å². The Morgan fingerprint density at radius 3 is 2.62 bits per heavy atom. The highest BCUT2D eigenvalue weighted by Gasteiger charge is 2.32. The first kappa shape index (κ1) is 10.2. The highest BCUT2D eigenvalue weighted by atomic mass is 32.2. The van der Waals surface area contributed by atoms with Crippen LogP contribution in [0.15, 0.2) is 0 Å². The highest BCUT2D eigenvalue weighted by Crippen LogP contribution is 2.14. The minimum atomic E-state index is -4.05. The number of nitrogens with zero attached hydrogens (tertiary/aromatic N) is 1. The number of rotatable bonds is 2. The Balaban J connectivity index is 2.65. The summed E-state index contributed by atoms with van der Waals surface area (Å²) in [6, 6.07) is 0. The first-order valence-corrected chi connectivity index (χ1v) is 5.00. The quantitative estimate of drug-likeness (QED) is 0.648. The first-order chi connectivity index (χ1) is 5.92. The summed E-state index contributed by atoms with van der Waals surface area (Å²) in [6.45, 7) is -0.258. The van der Waals surface area contributed by atoms with Gasteiger partial charge in [-0.2, -0.15) is 12.7 Å². The fourth-order valence-electron chi connectivity index (χ4n) is 1.08. The van der Waals surface area contributed by atoms with Crippen molar-refractivity contribution in [2.75, 3.05) is 13.1 Å². The van der Waals surface area contributed by atoms with Gasteiger partial charge in [0.1, 0.15) is 6.17 Å². The van der Waals surface area contributed by atoms with E-state index in [0.29, 0.717) is 0 Å². The number of alkyl halides is 1. The van der Waals surface area contributed by atoms with E-state index >= 15 is 0 Å². The topological polar surface area (TPSA) is 86.7 Å². The third-order valence-corrected chi connectivity index (χ3v) is 3.09. The summed E-state index contributed by atoms with van der Waals surface area (Å²) >= 11 is 0. The largest absolute Gasteiger partial charge is 0.464 e. The van der Waals surface area contributed by atoms with Gasteiger partial charge in [-0.05, 0) is 6.42 Å². The fraction of sp³-hybridized carbons (Fsp3) is 0.800. The standard InChI is InChI=1S/C5H9FN2O4S/c6-4-1-2-8(3-4)13(11,12)7-5(9)10/h4,7H,1-3H2,(H,9,10). The van der Waals surface area contributed by atoms with Gasteiger partial charge in [-0.15, -0.1) is 0 Å². The van der Waals surface area contributed by atoms with Crippen LogP contribution in [0, 0.1) is 0 Å².